The average molecular weight is 379 g/mol. The smallest absolute Gasteiger partial charge is 0.263 e. The van der Waals surface area contributed by atoms with Crippen molar-refractivity contribution in [2.75, 3.05) is 0 Å². The topological polar surface area (TPSA) is 95.1 Å². The first-order valence-corrected chi connectivity index (χ1v) is 9.43. The number of para-hydroxylation sites is 1. The highest BCUT2D eigenvalue weighted by molar-refractivity contribution is 7.90. The molecule has 0 atom stereocenters. The third kappa shape index (κ3) is 2.85. The molecule has 2 heterocycles. The molecule has 2 aromatic heterocycles. The summed E-state index contributed by atoms with van der Waals surface area (Å²) in [5.74, 6) is 0. The molecule has 0 aliphatic heterocycles. The van der Waals surface area contributed by atoms with Crippen LogP contribution in [0.3, 0.4) is 0 Å². The fourth-order valence-corrected chi connectivity index (χ4v) is 4.29. The van der Waals surface area contributed by atoms with Gasteiger partial charge in [-0.1, -0.05) is 18.2 Å². The molecule has 7 nitrogen and oxygen atoms in total. The van der Waals surface area contributed by atoms with Gasteiger partial charge in [0, 0.05) is 41.7 Å². The first-order valence-electron chi connectivity index (χ1n) is 7.99. The predicted molar refractivity (Wildman–Crippen MR) is 101 cm³/mol. The summed E-state index contributed by atoms with van der Waals surface area (Å²) < 4.78 is 27.4. The third-order valence-corrected chi connectivity index (χ3v) is 5.92. The Hall–Kier alpha value is -3.52. The van der Waals surface area contributed by atoms with E-state index >= 15 is 0 Å². The number of hydrogen-bond donors (Lipinski definition) is 0. The molecule has 0 amide bonds. The normalized spacial score (nSPS) is 11.6. The Labute approximate surface area is 154 Å². The number of fused-ring (bicyclic) bond motifs is 1. The molecule has 0 spiro atoms. The first kappa shape index (κ1) is 16.9. The van der Waals surface area contributed by atoms with Crippen molar-refractivity contribution in [3.63, 3.8) is 0 Å². The van der Waals surface area contributed by atoms with Gasteiger partial charge in [-0.25, -0.2) is 12.4 Å². The van der Waals surface area contributed by atoms with Crippen molar-refractivity contribution in [3.05, 3.63) is 89.4 Å². The van der Waals surface area contributed by atoms with Gasteiger partial charge in [-0.15, -0.1) is 0 Å². The number of non-ortho nitro benzene ring substituents is 1. The SMILES string of the molecule is O=[N+]([O-])c1ccc(-c2cn(S(=O)(=O)c3cccnc3)c3ccccc23)cc1. The number of pyridine rings is 1. The van der Waals surface area contributed by atoms with Gasteiger partial charge >= 0.3 is 0 Å². The van der Waals surface area contributed by atoms with E-state index in [1.165, 1.54) is 40.8 Å². The number of nitro groups is 1. The lowest BCUT2D eigenvalue weighted by molar-refractivity contribution is -0.384. The molecule has 0 saturated carbocycles. The van der Waals surface area contributed by atoms with Gasteiger partial charge < -0.3 is 0 Å². The highest BCUT2D eigenvalue weighted by Crippen LogP contribution is 2.33. The highest BCUT2D eigenvalue weighted by atomic mass is 32.2. The van der Waals surface area contributed by atoms with Crippen LogP contribution in [-0.2, 0) is 10.0 Å². The second-order valence-corrected chi connectivity index (χ2v) is 7.67. The van der Waals surface area contributed by atoms with Crippen LogP contribution in [0.4, 0.5) is 5.69 Å². The Morgan fingerprint density at radius 3 is 2.37 bits per heavy atom. The molecule has 2 aromatic carbocycles. The largest absolute Gasteiger partial charge is 0.269 e. The summed E-state index contributed by atoms with van der Waals surface area (Å²) in [6.07, 6.45) is 4.35. The molecule has 4 aromatic rings. The lowest BCUT2D eigenvalue weighted by Gasteiger charge is -2.06. The quantitative estimate of drug-likeness (QED) is 0.396. The standard InChI is InChI=1S/C19H13N3O4S/c23-22(24)15-9-7-14(8-10-15)18-13-21(19-6-2-1-5-17(18)19)27(25,26)16-4-3-11-20-12-16/h1-13H. The fourth-order valence-electron chi connectivity index (χ4n) is 2.95. The second-order valence-electron chi connectivity index (χ2n) is 5.85. The summed E-state index contributed by atoms with van der Waals surface area (Å²) in [6, 6.07) is 16.2. The summed E-state index contributed by atoms with van der Waals surface area (Å²) in [4.78, 5) is 14.4. The molecular formula is C19H13N3O4S. The van der Waals surface area contributed by atoms with Crippen molar-refractivity contribution in [1.82, 2.24) is 8.96 Å². The zero-order valence-electron chi connectivity index (χ0n) is 13.9. The lowest BCUT2D eigenvalue weighted by atomic mass is 10.0. The maximum absolute atomic E-state index is 13.1. The molecule has 134 valence electrons. The number of nitrogens with zero attached hydrogens (tertiary/aromatic N) is 3. The van der Waals surface area contributed by atoms with Crippen molar-refractivity contribution in [2.45, 2.75) is 4.90 Å². The highest BCUT2D eigenvalue weighted by Gasteiger charge is 2.22. The summed E-state index contributed by atoms with van der Waals surface area (Å²) in [6.45, 7) is 0. The number of aromatic nitrogens is 2. The number of hydrogen-bond acceptors (Lipinski definition) is 5. The zero-order chi connectivity index (χ0) is 19.0. The molecule has 0 aliphatic carbocycles. The minimum absolute atomic E-state index is 0.0227. The zero-order valence-corrected chi connectivity index (χ0v) is 14.7. The Morgan fingerprint density at radius 2 is 1.70 bits per heavy atom. The molecule has 0 fully saturated rings. The maximum Gasteiger partial charge on any atom is 0.269 e. The molecule has 0 unspecified atom stereocenters. The fraction of sp³-hybridized carbons (Fsp3) is 0. The van der Waals surface area contributed by atoms with E-state index in [1.54, 1.807) is 30.3 Å². The van der Waals surface area contributed by atoms with Crippen LogP contribution in [0, 0.1) is 10.1 Å². The first-order chi connectivity index (χ1) is 13.0. The Balaban J connectivity index is 1.94. The molecule has 0 N–H and O–H groups in total. The van der Waals surface area contributed by atoms with Gasteiger partial charge in [0.2, 0.25) is 0 Å². The summed E-state index contributed by atoms with van der Waals surface area (Å²) in [5, 5.41) is 11.6. The van der Waals surface area contributed by atoms with Gasteiger partial charge in [-0.3, -0.25) is 15.1 Å². The van der Waals surface area contributed by atoms with E-state index in [0.29, 0.717) is 16.6 Å². The van der Waals surface area contributed by atoms with E-state index in [1.807, 2.05) is 12.1 Å². The third-order valence-electron chi connectivity index (χ3n) is 4.26. The van der Waals surface area contributed by atoms with Crippen LogP contribution in [0.15, 0.2) is 84.1 Å². The summed E-state index contributed by atoms with van der Waals surface area (Å²) in [7, 11) is -3.83. The van der Waals surface area contributed by atoms with Crippen molar-refractivity contribution < 1.29 is 13.3 Å². The molecule has 0 saturated heterocycles. The van der Waals surface area contributed by atoms with Crippen molar-refractivity contribution in [1.29, 1.82) is 0 Å². The monoisotopic (exact) mass is 379 g/mol. The molecule has 27 heavy (non-hydrogen) atoms. The van der Waals surface area contributed by atoms with Gasteiger partial charge in [0.15, 0.2) is 0 Å². The molecule has 0 bridgehead atoms. The van der Waals surface area contributed by atoms with Gasteiger partial charge in [0.05, 0.1) is 10.4 Å². The number of nitro benzene ring substituents is 1. The minimum Gasteiger partial charge on any atom is -0.263 e. The van der Waals surface area contributed by atoms with Gasteiger partial charge in [0.1, 0.15) is 4.90 Å². The van der Waals surface area contributed by atoms with Crippen molar-refractivity contribution in [3.8, 4) is 11.1 Å². The molecular weight excluding hydrogens is 366 g/mol. The average Bonchev–Trinajstić information content (AvgIpc) is 3.09. The number of rotatable bonds is 4. The van der Waals surface area contributed by atoms with E-state index in [2.05, 4.69) is 4.98 Å². The van der Waals surface area contributed by atoms with Crippen LogP contribution in [0.5, 0.6) is 0 Å². The van der Waals surface area contributed by atoms with E-state index in [4.69, 9.17) is 0 Å². The predicted octanol–water partition coefficient (Wildman–Crippen LogP) is 3.85. The van der Waals surface area contributed by atoms with E-state index in [-0.39, 0.29) is 10.6 Å². The molecule has 0 aliphatic rings. The van der Waals surface area contributed by atoms with Crippen LogP contribution in [-0.4, -0.2) is 22.3 Å². The van der Waals surface area contributed by atoms with Crippen LogP contribution < -0.4 is 0 Å². The van der Waals surface area contributed by atoms with Crippen LogP contribution in [0.2, 0.25) is 0 Å². The molecule has 0 radical (unpaired) electrons. The second kappa shape index (κ2) is 6.33. The molecule has 8 heteroatoms. The van der Waals surface area contributed by atoms with Crippen LogP contribution in [0.25, 0.3) is 22.0 Å². The summed E-state index contributed by atoms with van der Waals surface area (Å²) >= 11 is 0. The minimum atomic E-state index is -3.83. The van der Waals surface area contributed by atoms with Crippen molar-refractivity contribution in [2.24, 2.45) is 0 Å². The molecule has 4 rings (SSSR count). The van der Waals surface area contributed by atoms with Crippen molar-refractivity contribution >= 4 is 26.6 Å². The van der Waals surface area contributed by atoms with E-state index < -0.39 is 14.9 Å². The maximum atomic E-state index is 13.1. The lowest BCUT2D eigenvalue weighted by Crippen LogP contribution is -2.11. The van der Waals surface area contributed by atoms with Gasteiger partial charge in [0.25, 0.3) is 15.7 Å². The van der Waals surface area contributed by atoms with Gasteiger partial charge in [-0.05, 0) is 35.9 Å². The van der Waals surface area contributed by atoms with Crippen LogP contribution >= 0.6 is 0 Å². The van der Waals surface area contributed by atoms with E-state index in [0.717, 1.165) is 5.39 Å². The Kier molecular flexibility index (Phi) is 3.97. The van der Waals surface area contributed by atoms with Crippen LogP contribution in [0.1, 0.15) is 0 Å². The Morgan fingerprint density at radius 1 is 0.963 bits per heavy atom. The number of benzene rings is 2. The van der Waals surface area contributed by atoms with Gasteiger partial charge in [-0.2, -0.15) is 0 Å². The van der Waals surface area contributed by atoms with E-state index in [9.17, 15) is 18.5 Å². The Bertz CT molecular complexity index is 1250. The summed E-state index contributed by atoms with van der Waals surface area (Å²) in [5.41, 5.74) is 1.87.